The number of aromatic hydroxyl groups is 2. The van der Waals surface area contributed by atoms with Gasteiger partial charge in [0.1, 0.15) is 0 Å². The van der Waals surface area contributed by atoms with Gasteiger partial charge in [-0.15, -0.1) is 0 Å². The number of benzene rings is 1. The fourth-order valence-electron chi connectivity index (χ4n) is 1.26. The third-order valence-electron chi connectivity index (χ3n) is 2.26. The minimum Gasteiger partial charge on any atom is -0.504 e. The summed E-state index contributed by atoms with van der Waals surface area (Å²) >= 11 is 4.72. The Morgan fingerprint density at radius 1 is 1.41 bits per heavy atom. The van der Waals surface area contributed by atoms with Crippen LogP contribution in [0.4, 0.5) is 0 Å². The van der Waals surface area contributed by atoms with Gasteiger partial charge in [0, 0.05) is 25.6 Å². The van der Waals surface area contributed by atoms with Crippen LogP contribution in [0.25, 0.3) is 0 Å². The first-order chi connectivity index (χ1) is 7.91. The number of nitrogens with two attached hydrogens (primary N) is 1. The third-order valence-corrected chi connectivity index (χ3v) is 2.47. The zero-order chi connectivity index (χ0) is 13.0. The normalized spacial score (nSPS) is 9.94. The SMILES string of the molecule is CN(CCC(N)=S)C(=O)c1ccc(O)c(O)c1. The molecule has 5 nitrogen and oxygen atoms in total. The Labute approximate surface area is 104 Å². The van der Waals surface area contributed by atoms with Gasteiger partial charge < -0.3 is 20.8 Å². The smallest absolute Gasteiger partial charge is 0.253 e. The van der Waals surface area contributed by atoms with E-state index in [4.69, 9.17) is 23.1 Å². The summed E-state index contributed by atoms with van der Waals surface area (Å²) in [6.07, 6.45) is 0.446. The van der Waals surface area contributed by atoms with Crippen LogP contribution in [0.1, 0.15) is 16.8 Å². The molecule has 0 bridgehead atoms. The van der Waals surface area contributed by atoms with Gasteiger partial charge in [-0.05, 0) is 18.2 Å². The fraction of sp³-hybridized carbons (Fsp3) is 0.273. The number of hydrogen-bond acceptors (Lipinski definition) is 4. The van der Waals surface area contributed by atoms with Crippen molar-refractivity contribution >= 4 is 23.1 Å². The van der Waals surface area contributed by atoms with E-state index in [0.29, 0.717) is 23.5 Å². The first-order valence-corrected chi connectivity index (χ1v) is 5.38. The predicted molar refractivity (Wildman–Crippen MR) is 68.1 cm³/mol. The molecule has 0 aliphatic rings. The molecule has 6 heteroatoms. The van der Waals surface area contributed by atoms with Crippen molar-refractivity contribution in [1.82, 2.24) is 4.90 Å². The highest BCUT2D eigenvalue weighted by Gasteiger charge is 2.13. The third kappa shape index (κ3) is 3.60. The van der Waals surface area contributed by atoms with E-state index in [9.17, 15) is 9.90 Å². The number of phenols is 2. The minimum absolute atomic E-state index is 0.257. The van der Waals surface area contributed by atoms with Crippen LogP contribution in [0.2, 0.25) is 0 Å². The van der Waals surface area contributed by atoms with Gasteiger partial charge in [0.2, 0.25) is 0 Å². The number of rotatable bonds is 4. The van der Waals surface area contributed by atoms with Crippen LogP contribution in [0.5, 0.6) is 11.5 Å². The Morgan fingerprint density at radius 2 is 2.06 bits per heavy atom. The lowest BCUT2D eigenvalue weighted by Crippen LogP contribution is -2.29. The van der Waals surface area contributed by atoms with E-state index >= 15 is 0 Å². The highest BCUT2D eigenvalue weighted by Crippen LogP contribution is 2.25. The molecule has 4 N–H and O–H groups in total. The minimum atomic E-state index is -0.321. The molecule has 92 valence electrons. The zero-order valence-corrected chi connectivity index (χ0v) is 10.2. The first-order valence-electron chi connectivity index (χ1n) is 4.97. The molecule has 0 aliphatic heterocycles. The molecule has 0 aliphatic carbocycles. The first kappa shape index (κ1) is 13.2. The van der Waals surface area contributed by atoms with Gasteiger partial charge in [0.25, 0.3) is 5.91 Å². The largest absolute Gasteiger partial charge is 0.504 e. The Morgan fingerprint density at radius 3 is 2.59 bits per heavy atom. The van der Waals surface area contributed by atoms with Gasteiger partial charge in [-0.3, -0.25) is 4.79 Å². The van der Waals surface area contributed by atoms with Crippen LogP contribution in [0.3, 0.4) is 0 Å². The van der Waals surface area contributed by atoms with Crippen molar-refractivity contribution in [2.75, 3.05) is 13.6 Å². The Balaban J connectivity index is 2.74. The Kier molecular flexibility index (Phi) is 4.28. The lowest BCUT2D eigenvalue weighted by molar-refractivity contribution is 0.0798. The molecule has 0 fully saturated rings. The molecule has 0 aromatic heterocycles. The zero-order valence-electron chi connectivity index (χ0n) is 9.38. The average Bonchev–Trinajstić information content (AvgIpc) is 2.28. The monoisotopic (exact) mass is 254 g/mol. The molecule has 17 heavy (non-hydrogen) atoms. The van der Waals surface area contributed by atoms with E-state index in [1.54, 1.807) is 7.05 Å². The summed E-state index contributed by atoms with van der Waals surface area (Å²) in [5.74, 6) is -0.845. The topological polar surface area (TPSA) is 86.8 Å². The van der Waals surface area contributed by atoms with Crippen LogP contribution in [0, 0.1) is 0 Å². The molecule has 0 unspecified atom stereocenters. The number of thiocarbonyl (C=S) groups is 1. The molecule has 0 spiro atoms. The molecule has 0 radical (unpaired) electrons. The van der Waals surface area contributed by atoms with Gasteiger partial charge in [0.15, 0.2) is 11.5 Å². The number of carbonyl (C=O) groups excluding carboxylic acids is 1. The molecular weight excluding hydrogens is 240 g/mol. The van der Waals surface area contributed by atoms with Crippen molar-refractivity contribution < 1.29 is 15.0 Å². The lowest BCUT2D eigenvalue weighted by Gasteiger charge is -2.16. The summed E-state index contributed by atoms with van der Waals surface area (Å²) in [5, 5.41) is 18.4. The van der Waals surface area contributed by atoms with Crippen molar-refractivity contribution in [2.24, 2.45) is 5.73 Å². The molecule has 1 rings (SSSR count). The van der Waals surface area contributed by atoms with Crippen LogP contribution in [-0.4, -0.2) is 39.6 Å². The maximum atomic E-state index is 11.9. The predicted octanol–water partition coefficient (Wildman–Crippen LogP) is 0.846. The summed E-state index contributed by atoms with van der Waals surface area (Å²) < 4.78 is 0. The summed E-state index contributed by atoms with van der Waals surface area (Å²) in [7, 11) is 1.62. The average molecular weight is 254 g/mol. The summed E-state index contributed by atoms with van der Waals surface area (Å²) in [6.45, 7) is 0.413. The number of phenolic OH excluding ortho intramolecular Hbond substituents is 2. The standard InChI is InChI=1S/C11H14N2O3S/c1-13(5-4-10(12)17)11(16)7-2-3-8(14)9(15)6-7/h2-3,6,14-15H,4-5H2,1H3,(H2,12,17). The van der Waals surface area contributed by atoms with E-state index < -0.39 is 0 Å². The number of carbonyl (C=O) groups is 1. The molecule has 0 saturated heterocycles. The Hall–Kier alpha value is -1.82. The van der Waals surface area contributed by atoms with Crippen LogP contribution >= 0.6 is 12.2 Å². The number of nitrogens with zero attached hydrogens (tertiary/aromatic N) is 1. The van der Waals surface area contributed by atoms with Crippen molar-refractivity contribution in [3.8, 4) is 11.5 Å². The van der Waals surface area contributed by atoms with Gasteiger partial charge in [0.05, 0.1) is 4.99 Å². The molecule has 1 amide bonds. The molecule has 0 atom stereocenters. The van der Waals surface area contributed by atoms with E-state index in [1.807, 2.05) is 0 Å². The quantitative estimate of drug-likeness (QED) is 0.547. The van der Waals surface area contributed by atoms with E-state index in [1.165, 1.54) is 23.1 Å². The number of amides is 1. The van der Waals surface area contributed by atoms with Gasteiger partial charge in [-0.25, -0.2) is 0 Å². The fourth-order valence-corrected chi connectivity index (χ4v) is 1.35. The maximum absolute atomic E-state index is 11.9. The van der Waals surface area contributed by atoms with Crippen molar-refractivity contribution in [2.45, 2.75) is 6.42 Å². The van der Waals surface area contributed by atoms with Crippen LogP contribution in [-0.2, 0) is 0 Å². The molecule has 1 aromatic carbocycles. The van der Waals surface area contributed by atoms with E-state index in [0.717, 1.165) is 0 Å². The highest BCUT2D eigenvalue weighted by molar-refractivity contribution is 7.80. The van der Waals surface area contributed by atoms with Gasteiger partial charge in [-0.1, -0.05) is 12.2 Å². The molecule has 1 aromatic rings. The molecule has 0 saturated carbocycles. The van der Waals surface area contributed by atoms with E-state index in [-0.39, 0.29) is 17.4 Å². The highest BCUT2D eigenvalue weighted by atomic mass is 32.1. The number of hydrogen-bond donors (Lipinski definition) is 3. The van der Waals surface area contributed by atoms with Crippen LogP contribution in [0.15, 0.2) is 18.2 Å². The maximum Gasteiger partial charge on any atom is 0.253 e. The van der Waals surface area contributed by atoms with Crippen LogP contribution < -0.4 is 5.73 Å². The molecule has 0 heterocycles. The second-order valence-electron chi connectivity index (χ2n) is 3.65. The lowest BCUT2D eigenvalue weighted by atomic mass is 10.1. The molecular formula is C11H14N2O3S. The van der Waals surface area contributed by atoms with Gasteiger partial charge >= 0.3 is 0 Å². The second-order valence-corrected chi connectivity index (χ2v) is 4.17. The van der Waals surface area contributed by atoms with Crippen molar-refractivity contribution in [3.05, 3.63) is 23.8 Å². The summed E-state index contributed by atoms with van der Waals surface area (Å²) in [6, 6.07) is 3.92. The second kappa shape index (κ2) is 5.49. The van der Waals surface area contributed by atoms with E-state index in [2.05, 4.69) is 0 Å². The summed E-state index contributed by atoms with van der Waals surface area (Å²) in [5.41, 5.74) is 5.64. The Bertz CT molecular complexity index is 448. The van der Waals surface area contributed by atoms with Crippen molar-refractivity contribution in [1.29, 1.82) is 0 Å². The van der Waals surface area contributed by atoms with Gasteiger partial charge in [-0.2, -0.15) is 0 Å². The van der Waals surface area contributed by atoms with Crippen molar-refractivity contribution in [3.63, 3.8) is 0 Å². The summed E-state index contributed by atoms with van der Waals surface area (Å²) in [4.78, 5) is 13.7.